The molecule has 0 atom stereocenters. The normalized spacial score (nSPS) is 10.8. The maximum Gasteiger partial charge on any atom is 0.323 e. The molecule has 4 rings (SSSR count). The summed E-state index contributed by atoms with van der Waals surface area (Å²) in [6.07, 6.45) is 3.68. The molecule has 0 unspecified atom stereocenters. The quantitative estimate of drug-likeness (QED) is 0.380. The molecule has 0 aliphatic rings. The van der Waals surface area contributed by atoms with Crippen molar-refractivity contribution >= 4 is 45.7 Å². The van der Waals surface area contributed by atoms with Crippen LogP contribution in [0.4, 0.5) is 22.0 Å². The molecule has 0 radical (unpaired) electrons. The van der Waals surface area contributed by atoms with Gasteiger partial charge in [-0.25, -0.2) is 9.78 Å². The second kappa shape index (κ2) is 8.97. The van der Waals surface area contributed by atoms with E-state index in [4.69, 9.17) is 22.1 Å². The van der Waals surface area contributed by atoms with E-state index in [0.717, 1.165) is 16.5 Å². The van der Waals surface area contributed by atoms with Crippen LogP contribution in [0.5, 0.6) is 5.75 Å². The van der Waals surface area contributed by atoms with Gasteiger partial charge in [-0.05, 0) is 61.0 Å². The summed E-state index contributed by atoms with van der Waals surface area (Å²) in [6.45, 7) is 3.00. The molecule has 0 saturated heterocycles. The number of hydrogen-bond acceptors (Lipinski definition) is 4. The molecule has 31 heavy (non-hydrogen) atoms. The molecule has 0 aliphatic heterocycles. The summed E-state index contributed by atoms with van der Waals surface area (Å²) < 4.78 is 7.66. The highest BCUT2D eigenvalue weighted by Crippen LogP contribution is 2.29. The molecule has 7 nitrogen and oxygen atoms in total. The van der Waals surface area contributed by atoms with Crippen molar-refractivity contribution in [2.75, 3.05) is 23.0 Å². The van der Waals surface area contributed by atoms with Crippen LogP contribution >= 0.6 is 11.6 Å². The minimum absolute atomic E-state index is 0.384. The van der Waals surface area contributed by atoms with Crippen molar-refractivity contribution in [3.63, 3.8) is 0 Å². The van der Waals surface area contributed by atoms with Gasteiger partial charge in [-0.15, -0.1) is 0 Å². The number of nitrogens with one attached hydrogen (secondary N) is 2. The number of fused-ring (bicyclic) bond motifs is 1. The molecule has 0 fully saturated rings. The minimum Gasteiger partial charge on any atom is -0.492 e. The van der Waals surface area contributed by atoms with Crippen LogP contribution in [0.3, 0.4) is 0 Å². The topological polar surface area (TPSA) is 94.2 Å². The first-order chi connectivity index (χ1) is 15.0. The number of halogens is 1. The van der Waals surface area contributed by atoms with Crippen molar-refractivity contribution in [2.24, 2.45) is 0 Å². The number of nitrogens with zero attached hydrogens (tertiary/aromatic N) is 2. The third kappa shape index (κ3) is 4.73. The number of carbonyl (C=O) groups excluding carboxylic acids is 1. The number of nitrogen functional groups attached to an aromatic ring is 1. The Kier molecular flexibility index (Phi) is 5.95. The van der Waals surface area contributed by atoms with E-state index in [1.807, 2.05) is 49.5 Å². The van der Waals surface area contributed by atoms with Gasteiger partial charge in [0.15, 0.2) is 0 Å². The molecular weight excluding hydrogens is 414 g/mol. The third-order valence-electron chi connectivity index (χ3n) is 4.75. The number of aromatic nitrogens is 2. The molecule has 4 N–H and O–H groups in total. The second-order valence-electron chi connectivity index (χ2n) is 6.92. The Hall–Kier alpha value is -3.71. The van der Waals surface area contributed by atoms with Crippen molar-refractivity contribution in [1.29, 1.82) is 0 Å². The van der Waals surface area contributed by atoms with Crippen LogP contribution in [-0.2, 0) is 6.54 Å². The summed E-state index contributed by atoms with van der Waals surface area (Å²) in [6, 6.07) is 16.2. The first kappa shape index (κ1) is 20.6. The fourth-order valence-corrected chi connectivity index (χ4v) is 3.59. The lowest BCUT2D eigenvalue weighted by molar-refractivity contribution is 0.262. The summed E-state index contributed by atoms with van der Waals surface area (Å²) in [5, 5.41) is 7.17. The highest BCUT2D eigenvalue weighted by molar-refractivity contribution is 6.31. The van der Waals surface area contributed by atoms with E-state index >= 15 is 0 Å². The van der Waals surface area contributed by atoms with Crippen LogP contribution in [0, 0.1) is 0 Å². The number of nitrogens with two attached hydrogens (primary N) is 1. The SMILES string of the molecule is CCOc1ccc(Cl)cc1NC(=O)Nc1cccc2c1ccn2Cc1ccnc(N)c1. The molecule has 0 aliphatic carbocycles. The van der Waals surface area contributed by atoms with Crippen molar-refractivity contribution < 1.29 is 9.53 Å². The lowest BCUT2D eigenvalue weighted by Gasteiger charge is -2.13. The molecule has 0 saturated carbocycles. The summed E-state index contributed by atoms with van der Waals surface area (Å²) >= 11 is 6.08. The molecule has 0 spiro atoms. The summed E-state index contributed by atoms with van der Waals surface area (Å²) in [5.41, 5.74) is 9.03. The standard InChI is InChI=1S/C23H22ClN5O2/c1-2-31-21-7-6-16(24)13-19(21)28-23(30)27-18-4-3-5-20-17(18)9-11-29(20)14-15-8-10-26-22(25)12-15/h3-13H,2,14H2,1H3,(H2,25,26)(H2,27,28,30). The zero-order valence-electron chi connectivity index (χ0n) is 16.9. The number of urea groups is 1. The molecule has 158 valence electrons. The van der Waals surface area contributed by atoms with Gasteiger partial charge in [-0.1, -0.05) is 17.7 Å². The third-order valence-corrected chi connectivity index (χ3v) is 4.99. The van der Waals surface area contributed by atoms with E-state index in [9.17, 15) is 4.79 Å². The Morgan fingerprint density at radius 3 is 2.77 bits per heavy atom. The predicted molar refractivity (Wildman–Crippen MR) is 125 cm³/mol. The smallest absolute Gasteiger partial charge is 0.323 e. The van der Waals surface area contributed by atoms with E-state index in [0.29, 0.717) is 41.1 Å². The number of ether oxygens (including phenoxy) is 1. The van der Waals surface area contributed by atoms with Gasteiger partial charge in [-0.3, -0.25) is 0 Å². The zero-order valence-corrected chi connectivity index (χ0v) is 17.7. The van der Waals surface area contributed by atoms with Crippen LogP contribution in [0.1, 0.15) is 12.5 Å². The van der Waals surface area contributed by atoms with E-state index in [-0.39, 0.29) is 6.03 Å². The minimum atomic E-state index is -0.384. The number of pyridine rings is 1. The Labute approximate surface area is 184 Å². The maximum atomic E-state index is 12.7. The Morgan fingerprint density at radius 2 is 1.97 bits per heavy atom. The predicted octanol–water partition coefficient (Wildman–Crippen LogP) is 5.36. The van der Waals surface area contributed by atoms with Crippen molar-refractivity contribution in [3.8, 4) is 5.75 Å². The van der Waals surface area contributed by atoms with Gasteiger partial charge in [0.05, 0.1) is 23.5 Å². The van der Waals surface area contributed by atoms with E-state index < -0.39 is 0 Å². The fourth-order valence-electron chi connectivity index (χ4n) is 3.42. The first-order valence-electron chi connectivity index (χ1n) is 9.82. The molecule has 2 aromatic carbocycles. The number of carbonyl (C=O) groups is 1. The largest absolute Gasteiger partial charge is 0.492 e. The molecule has 4 aromatic rings. The average molecular weight is 436 g/mol. The van der Waals surface area contributed by atoms with Crippen LogP contribution < -0.4 is 21.1 Å². The summed E-state index contributed by atoms with van der Waals surface area (Å²) in [7, 11) is 0. The molecule has 2 amide bonds. The monoisotopic (exact) mass is 435 g/mol. The van der Waals surface area contributed by atoms with E-state index in [1.165, 1.54) is 0 Å². The van der Waals surface area contributed by atoms with Crippen molar-refractivity contribution in [3.05, 3.63) is 77.6 Å². The second-order valence-corrected chi connectivity index (χ2v) is 7.36. The van der Waals surface area contributed by atoms with Gasteiger partial charge < -0.3 is 25.7 Å². The molecule has 2 aromatic heterocycles. The van der Waals surface area contributed by atoms with Crippen molar-refractivity contribution in [1.82, 2.24) is 9.55 Å². The lowest BCUT2D eigenvalue weighted by atomic mass is 10.2. The number of amides is 2. The Morgan fingerprint density at radius 1 is 1.13 bits per heavy atom. The van der Waals surface area contributed by atoms with Gasteiger partial charge in [-0.2, -0.15) is 0 Å². The zero-order chi connectivity index (χ0) is 21.8. The van der Waals surface area contributed by atoms with Crippen LogP contribution in [-0.4, -0.2) is 22.2 Å². The van der Waals surface area contributed by atoms with Gasteiger partial charge in [0, 0.05) is 29.3 Å². The Balaban J connectivity index is 1.55. The first-order valence-corrected chi connectivity index (χ1v) is 10.2. The fraction of sp³-hybridized carbons (Fsp3) is 0.130. The van der Waals surface area contributed by atoms with Gasteiger partial charge in [0.1, 0.15) is 11.6 Å². The van der Waals surface area contributed by atoms with E-state index in [1.54, 1.807) is 24.4 Å². The van der Waals surface area contributed by atoms with Crippen LogP contribution in [0.15, 0.2) is 67.0 Å². The summed E-state index contributed by atoms with van der Waals surface area (Å²) in [5.74, 6) is 1.04. The van der Waals surface area contributed by atoms with Gasteiger partial charge in [0.2, 0.25) is 0 Å². The van der Waals surface area contributed by atoms with Gasteiger partial charge >= 0.3 is 6.03 Å². The van der Waals surface area contributed by atoms with E-state index in [2.05, 4.69) is 20.2 Å². The average Bonchev–Trinajstić information content (AvgIpc) is 3.14. The van der Waals surface area contributed by atoms with Crippen molar-refractivity contribution in [2.45, 2.75) is 13.5 Å². The molecule has 0 bridgehead atoms. The Bertz CT molecular complexity index is 1240. The maximum absolute atomic E-state index is 12.7. The van der Waals surface area contributed by atoms with Crippen LogP contribution in [0.25, 0.3) is 10.9 Å². The van der Waals surface area contributed by atoms with Gasteiger partial charge in [0.25, 0.3) is 0 Å². The molecule has 8 heteroatoms. The lowest BCUT2D eigenvalue weighted by Crippen LogP contribution is -2.20. The highest BCUT2D eigenvalue weighted by Gasteiger charge is 2.12. The highest BCUT2D eigenvalue weighted by atomic mass is 35.5. The molecule has 2 heterocycles. The van der Waals surface area contributed by atoms with Crippen LogP contribution in [0.2, 0.25) is 5.02 Å². The number of rotatable bonds is 6. The number of anilines is 3. The molecular formula is C23H22ClN5O2. The number of hydrogen-bond donors (Lipinski definition) is 3. The number of benzene rings is 2. The summed E-state index contributed by atoms with van der Waals surface area (Å²) in [4.78, 5) is 16.7.